The normalized spacial score (nSPS) is 14.4. The van der Waals surface area contributed by atoms with Crippen LogP contribution in [0.15, 0.2) is 16.6 Å². The lowest BCUT2D eigenvalue weighted by Gasteiger charge is -2.14. The molecule has 0 aliphatic heterocycles. The Morgan fingerprint density at radius 1 is 1.50 bits per heavy atom. The van der Waals surface area contributed by atoms with Crippen molar-refractivity contribution >= 4 is 27.5 Å². The number of carbonyl (C=O) groups is 1. The molecule has 0 bridgehead atoms. The Bertz CT molecular complexity index is 459. The smallest absolute Gasteiger partial charge is 0.238 e. The Labute approximate surface area is 115 Å². The molecule has 2 N–H and O–H groups in total. The number of aryl methyl sites for hydroxylation is 1. The molecule has 98 valence electrons. The summed E-state index contributed by atoms with van der Waals surface area (Å²) in [6.45, 7) is 2.29. The molecule has 1 aliphatic rings. The van der Waals surface area contributed by atoms with Gasteiger partial charge in [-0.2, -0.15) is 0 Å². The average molecular weight is 313 g/mol. The highest BCUT2D eigenvalue weighted by atomic mass is 79.9. The minimum Gasteiger partial charge on any atom is -0.495 e. The van der Waals surface area contributed by atoms with E-state index in [0.29, 0.717) is 18.3 Å². The summed E-state index contributed by atoms with van der Waals surface area (Å²) < 4.78 is 6.22. The summed E-state index contributed by atoms with van der Waals surface area (Å²) in [6.07, 6.45) is 2.35. The number of amides is 1. The first-order valence-electron chi connectivity index (χ1n) is 5.97. The molecule has 0 heterocycles. The van der Waals surface area contributed by atoms with Gasteiger partial charge in [0, 0.05) is 10.5 Å². The second-order valence-corrected chi connectivity index (χ2v) is 5.42. The molecule has 0 spiro atoms. The number of anilines is 1. The summed E-state index contributed by atoms with van der Waals surface area (Å²) in [6, 6.07) is 4.33. The largest absolute Gasteiger partial charge is 0.495 e. The number of ether oxygens (including phenoxy) is 1. The van der Waals surface area contributed by atoms with Gasteiger partial charge in [0.2, 0.25) is 5.91 Å². The molecule has 1 amide bonds. The third kappa shape index (κ3) is 3.46. The maximum atomic E-state index is 11.8. The third-order valence-corrected chi connectivity index (χ3v) is 3.33. The van der Waals surface area contributed by atoms with Gasteiger partial charge in [0.25, 0.3) is 0 Å². The maximum absolute atomic E-state index is 11.8. The van der Waals surface area contributed by atoms with E-state index in [0.717, 1.165) is 15.7 Å². The first kappa shape index (κ1) is 13.4. The molecule has 1 fully saturated rings. The zero-order chi connectivity index (χ0) is 13.1. The van der Waals surface area contributed by atoms with Crippen molar-refractivity contribution < 1.29 is 9.53 Å². The number of halogens is 1. The van der Waals surface area contributed by atoms with Gasteiger partial charge >= 0.3 is 0 Å². The molecule has 5 heteroatoms. The van der Waals surface area contributed by atoms with E-state index in [1.807, 2.05) is 19.1 Å². The van der Waals surface area contributed by atoms with Crippen LogP contribution in [-0.2, 0) is 4.79 Å². The standard InChI is InChI=1S/C13H17BrN2O2/c1-8-5-9(14)6-11(18-2)13(8)16-12(17)7-15-10-3-4-10/h5-6,10,15H,3-4,7H2,1-2H3,(H,16,17). The molecule has 0 saturated heterocycles. The van der Waals surface area contributed by atoms with Crippen molar-refractivity contribution in [1.29, 1.82) is 0 Å². The number of benzene rings is 1. The van der Waals surface area contributed by atoms with Crippen LogP contribution in [0.25, 0.3) is 0 Å². The van der Waals surface area contributed by atoms with Crippen LogP contribution in [0, 0.1) is 6.92 Å². The molecule has 0 radical (unpaired) electrons. The fourth-order valence-corrected chi connectivity index (χ4v) is 2.29. The van der Waals surface area contributed by atoms with Gasteiger partial charge in [-0.1, -0.05) is 15.9 Å². The van der Waals surface area contributed by atoms with Gasteiger partial charge < -0.3 is 15.4 Å². The van der Waals surface area contributed by atoms with E-state index >= 15 is 0 Å². The predicted molar refractivity (Wildman–Crippen MR) is 75.1 cm³/mol. The Balaban J connectivity index is 2.04. The van der Waals surface area contributed by atoms with E-state index in [9.17, 15) is 4.79 Å². The van der Waals surface area contributed by atoms with Crippen molar-refractivity contribution in [3.05, 3.63) is 22.2 Å². The average Bonchev–Trinajstić information content (AvgIpc) is 3.13. The van der Waals surface area contributed by atoms with Gasteiger partial charge in [-0.3, -0.25) is 4.79 Å². The van der Waals surface area contributed by atoms with Crippen molar-refractivity contribution in [2.24, 2.45) is 0 Å². The van der Waals surface area contributed by atoms with E-state index in [2.05, 4.69) is 26.6 Å². The maximum Gasteiger partial charge on any atom is 0.238 e. The zero-order valence-electron chi connectivity index (χ0n) is 10.5. The van der Waals surface area contributed by atoms with Crippen LogP contribution in [0.2, 0.25) is 0 Å². The molecule has 2 rings (SSSR count). The molecular formula is C13H17BrN2O2. The van der Waals surface area contributed by atoms with Gasteiger partial charge in [-0.25, -0.2) is 0 Å². The third-order valence-electron chi connectivity index (χ3n) is 2.88. The summed E-state index contributed by atoms with van der Waals surface area (Å²) in [7, 11) is 1.60. The number of methoxy groups -OCH3 is 1. The molecule has 0 atom stereocenters. The molecule has 4 nitrogen and oxygen atoms in total. The van der Waals surface area contributed by atoms with Crippen LogP contribution >= 0.6 is 15.9 Å². The van der Waals surface area contributed by atoms with E-state index in [-0.39, 0.29) is 5.91 Å². The van der Waals surface area contributed by atoms with Crippen LogP contribution in [-0.4, -0.2) is 25.6 Å². The lowest BCUT2D eigenvalue weighted by molar-refractivity contribution is -0.115. The highest BCUT2D eigenvalue weighted by Gasteiger charge is 2.21. The van der Waals surface area contributed by atoms with Crippen LogP contribution < -0.4 is 15.4 Å². The highest BCUT2D eigenvalue weighted by molar-refractivity contribution is 9.10. The summed E-state index contributed by atoms with van der Waals surface area (Å²) in [5.41, 5.74) is 1.71. The van der Waals surface area contributed by atoms with Gasteiger partial charge in [-0.15, -0.1) is 0 Å². The molecule has 1 saturated carbocycles. The quantitative estimate of drug-likeness (QED) is 0.878. The Morgan fingerprint density at radius 3 is 2.83 bits per heavy atom. The first-order chi connectivity index (χ1) is 8.60. The van der Waals surface area contributed by atoms with Crippen LogP contribution in [0.3, 0.4) is 0 Å². The number of rotatable bonds is 5. The van der Waals surface area contributed by atoms with Crippen molar-refractivity contribution in [2.45, 2.75) is 25.8 Å². The summed E-state index contributed by atoms with van der Waals surface area (Å²) in [5.74, 6) is 0.632. The molecule has 1 aromatic rings. The molecule has 0 unspecified atom stereocenters. The molecule has 18 heavy (non-hydrogen) atoms. The SMILES string of the molecule is COc1cc(Br)cc(C)c1NC(=O)CNC1CC1. The van der Waals surface area contributed by atoms with Gasteiger partial charge in [-0.05, 0) is 37.5 Å². The van der Waals surface area contributed by atoms with E-state index in [4.69, 9.17) is 4.74 Å². The summed E-state index contributed by atoms with van der Waals surface area (Å²) in [4.78, 5) is 11.8. The summed E-state index contributed by atoms with van der Waals surface area (Å²) in [5, 5.41) is 6.08. The van der Waals surface area contributed by atoms with Gasteiger partial charge in [0.05, 0.1) is 19.3 Å². The number of nitrogens with one attached hydrogen (secondary N) is 2. The van der Waals surface area contributed by atoms with Crippen LogP contribution in [0.5, 0.6) is 5.75 Å². The number of hydrogen-bond donors (Lipinski definition) is 2. The minimum atomic E-state index is -0.0365. The molecule has 1 aliphatic carbocycles. The zero-order valence-corrected chi connectivity index (χ0v) is 12.1. The van der Waals surface area contributed by atoms with Crippen molar-refractivity contribution in [3.63, 3.8) is 0 Å². The fraction of sp³-hybridized carbons (Fsp3) is 0.462. The molecule has 1 aromatic carbocycles. The Kier molecular flexibility index (Phi) is 4.24. The second kappa shape index (κ2) is 5.71. The minimum absolute atomic E-state index is 0.0365. The van der Waals surface area contributed by atoms with Crippen LogP contribution in [0.4, 0.5) is 5.69 Å². The summed E-state index contributed by atoms with van der Waals surface area (Å²) >= 11 is 3.41. The second-order valence-electron chi connectivity index (χ2n) is 4.50. The van der Waals surface area contributed by atoms with Crippen molar-refractivity contribution in [3.8, 4) is 5.75 Å². The van der Waals surface area contributed by atoms with Crippen LogP contribution in [0.1, 0.15) is 18.4 Å². The molecular weight excluding hydrogens is 296 g/mol. The van der Waals surface area contributed by atoms with E-state index in [1.165, 1.54) is 12.8 Å². The first-order valence-corrected chi connectivity index (χ1v) is 6.77. The predicted octanol–water partition coefficient (Wildman–Crippen LogP) is 2.46. The lowest BCUT2D eigenvalue weighted by Crippen LogP contribution is -2.29. The fourth-order valence-electron chi connectivity index (χ4n) is 1.74. The number of carbonyl (C=O) groups excluding carboxylic acids is 1. The molecule has 0 aromatic heterocycles. The Morgan fingerprint density at radius 2 is 2.22 bits per heavy atom. The monoisotopic (exact) mass is 312 g/mol. The topological polar surface area (TPSA) is 50.4 Å². The Hall–Kier alpha value is -1.07. The van der Waals surface area contributed by atoms with Crippen molar-refractivity contribution in [1.82, 2.24) is 5.32 Å². The highest BCUT2D eigenvalue weighted by Crippen LogP contribution is 2.32. The van der Waals surface area contributed by atoms with Gasteiger partial charge in [0.15, 0.2) is 0 Å². The van der Waals surface area contributed by atoms with E-state index < -0.39 is 0 Å². The van der Waals surface area contributed by atoms with E-state index in [1.54, 1.807) is 7.11 Å². The number of hydrogen-bond acceptors (Lipinski definition) is 3. The lowest BCUT2D eigenvalue weighted by atomic mass is 10.2. The van der Waals surface area contributed by atoms with Crippen molar-refractivity contribution in [2.75, 3.05) is 19.0 Å². The van der Waals surface area contributed by atoms with Gasteiger partial charge in [0.1, 0.15) is 5.75 Å².